The predicted octanol–water partition coefficient (Wildman–Crippen LogP) is 1.57. The van der Waals surface area contributed by atoms with E-state index >= 15 is 0 Å². The number of benzene rings is 1. The molecule has 1 aliphatic rings. The van der Waals surface area contributed by atoms with Crippen molar-refractivity contribution in [2.24, 2.45) is 5.92 Å². The molecule has 1 saturated heterocycles. The molecule has 0 bridgehead atoms. The molecule has 0 radical (unpaired) electrons. The lowest BCUT2D eigenvalue weighted by atomic mass is 9.96. The lowest BCUT2D eigenvalue weighted by Gasteiger charge is -2.31. The highest BCUT2D eigenvalue weighted by Crippen LogP contribution is 2.23. The van der Waals surface area contributed by atoms with Crippen LogP contribution < -0.4 is 5.32 Å². The van der Waals surface area contributed by atoms with Gasteiger partial charge in [-0.15, -0.1) is 0 Å². The first-order valence-electron chi connectivity index (χ1n) is 7.94. The normalized spacial score (nSPS) is 17.4. The molecule has 8 heteroatoms. The molecular formula is C16H21N3O5. The largest absolute Gasteiger partial charge is 0.508 e. The predicted molar refractivity (Wildman–Crippen MR) is 86.2 cm³/mol. The van der Waals surface area contributed by atoms with Crippen LogP contribution >= 0.6 is 0 Å². The molecule has 2 amide bonds. The topological polar surface area (TPSA) is 113 Å². The molecule has 1 heterocycles. The van der Waals surface area contributed by atoms with Crippen molar-refractivity contribution >= 4 is 17.5 Å². The Labute approximate surface area is 139 Å². The fourth-order valence-electron chi connectivity index (χ4n) is 2.80. The van der Waals surface area contributed by atoms with Crippen molar-refractivity contribution in [1.29, 1.82) is 0 Å². The lowest BCUT2D eigenvalue weighted by Crippen LogP contribution is -2.45. The Morgan fingerprint density at radius 3 is 2.88 bits per heavy atom. The minimum Gasteiger partial charge on any atom is -0.508 e. The summed E-state index contributed by atoms with van der Waals surface area (Å²) in [7, 11) is 0. The summed E-state index contributed by atoms with van der Waals surface area (Å²) in [5, 5.41) is 23.2. The van der Waals surface area contributed by atoms with E-state index in [2.05, 4.69) is 5.32 Å². The van der Waals surface area contributed by atoms with Crippen LogP contribution in [-0.4, -0.2) is 39.8 Å². The molecule has 0 aliphatic carbocycles. The Morgan fingerprint density at radius 1 is 1.46 bits per heavy atom. The van der Waals surface area contributed by atoms with Crippen LogP contribution in [-0.2, 0) is 16.1 Å². The van der Waals surface area contributed by atoms with E-state index in [1.165, 1.54) is 18.2 Å². The van der Waals surface area contributed by atoms with Crippen LogP contribution in [0.1, 0.15) is 31.7 Å². The molecule has 130 valence electrons. The van der Waals surface area contributed by atoms with Crippen LogP contribution in [0.4, 0.5) is 5.69 Å². The number of hydrogen-bond donors (Lipinski definition) is 2. The minimum absolute atomic E-state index is 0.00453. The Bertz CT molecular complexity index is 647. The molecule has 1 unspecified atom stereocenters. The Balaban J connectivity index is 1.96. The summed E-state index contributed by atoms with van der Waals surface area (Å²) >= 11 is 0. The molecule has 1 aliphatic heterocycles. The van der Waals surface area contributed by atoms with Crippen molar-refractivity contribution < 1.29 is 19.6 Å². The van der Waals surface area contributed by atoms with Crippen molar-refractivity contribution in [3.8, 4) is 5.75 Å². The number of likely N-dealkylation sites (tertiary alicyclic amines) is 1. The van der Waals surface area contributed by atoms with Gasteiger partial charge in [0.1, 0.15) is 5.75 Å². The maximum Gasteiger partial charge on any atom is 0.270 e. The highest BCUT2D eigenvalue weighted by Gasteiger charge is 2.27. The number of nitro benzene ring substituents is 1. The highest BCUT2D eigenvalue weighted by atomic mass is 16.6. The fourth-order valence-corrected chi connectivity index (χ4v) is 2.80. The SMILES string of the molecule is CCC(=O)N1CCCC(C(=O)NCc2cc([N+](=O)[O-])ccc2O)C1. The van der Waals surface area contributed by atoms with Crippen molar-refractivity contribution in [2.45, 2.75) is 32.7 Å². The van der Waals surface area contributed by atoms with Gasteiger partial charge >= 0.3 is 0 Å². The maximum absolute atomic E-state index is 12.3. The minimum atomic E-state index is -0.555. The fraction of sp³-hybridized carbons (Fsp3) is 0.500. The van der Waals surface area contributed by atoms with Gasteiger partial charge < -0.3 is 15.3 Å². The van der Waals surface area contributed by atoms with Crippen LogP contribution in [0.15, 0.2) is 18.2 Å². The second-order valence-electron chi connectivity index (χ2n) is 5.82. The summed E-state index contributed by atoms with van der Waals surface area (Å²) in [4.78, 5) is 36.0. The van der Waals surface area contributed by atoms with Gasteiger partial charge in [0.25, 0.3) is 5.69 Å². The number of carbonyl (C=O) groups excluding carboxylic acids is 2. The molecule has 0 aromatic heterocycles. The first-order chi connectivity index (χ1) is 11.4. The van der Waals surface area contributed by atoms with E-state index in [0.29, 0.717) is 25.9 Å². The molecule has 1 fully saturated rings. The molecule has 1 aromatic rings. The van der Waals surface area contributed by atoms with E-state index in [-0.39, 0.29) is 41.3 Å². The number of rotatable bonds is 5. The van der Waals surface area contributed by atoms with E-state index in [9.17, 15) is 24.8 Å². The molecule has 0 saturated carbocycles. The maximum atomic E-state index is 12.3. The van der Waals surface area contributed by atoms with E-state index in [1.54, 1.807) is 11.8 Å². The number of aromatic hydroxyl groups is 1. The lowest BCUT2D eigenvalue weighted by molar-refractivity contribution is -0.384. The van der Waals surface area contributed by atoms with Gasteiger partial charge in [0.2, 0.25) is 11.8 Å². The van der Waals surface area contributed by atoms with E-state index in [1.807, 2.05) is 0 Å². The van der Waals surface area contributed by atoms with Gasteiger partial charge in [-0.25, -0.2) is 0 Å². The number of non-ortho nitro benzene ring substituents is 1. The number of hydrogen-bond acceptors (Lipinski definition) is 5. The van der Waals surface area contributed by atoms with Gasteiger partial charge in [0.15, 0.2) is 0 Å². The number of amides is 2. The van der Waals surface area contributed by atoms with Crippen LogP contribution in [0.3, 0.4) is 0 Å². The average Bonchev–Trinajstić information content (AvgIpc) is 2.59. The first-order valence-corrected chi connectivity index (χ1v) is 7.94. The highest BCUT2D eigenvalue weighted by molar-refractivity contribution is 5.81. The number of carbonyl (C=O) groups is 2. The Hall–Kier alpha value is -2.64. The van der Waals surface area contributed by atoms with Gasteiger partial charge in [-0.2, -0.15) is 0 Å². The number of phenolic OH excluding ortho intramolecular Hbond substituents is 1. The third-order valence-electron chi connectivity index (χ3n) is 4.17. The third-order valence-corrected chi connectivity index (χ3v) is 4.17. The monoisotopic (exact) mass is 335 g/mol. The zero-order valence-electron chi connectivity index (χ0n) is 13.5. The molecule has 8 nitrogen and oxygen atoms in total. The quantitative estimate of drug-likeness (QED) is 0.626. The third kappa shape index (κ3) is 4.21. The van der Waals surface area contributed by atoms with Gasteiger partial charge in [-0.3, -0.25) is 19.7 Å². The van der Waals surface area contributed by atoms with Crippen molar-refractivity contribution in [3.63, 3.8) is 0 Å². The van der Waals surface area contributed by atoms with Crippen LogP contribution in [0.2, 0.25) is 0 Å². The number of nitrogens with one attached hydrogen (secondary N) is 1. The summed E-state index contributed by atoms with van der Waals surface area (Å²) in [6, 6.07) is 3.68. The van der Waals surface area contributed by atoms with Crippen molar-refractivity contribution in [3.05, 3.63) is 33.9 Å². The molecule has 24 heavy (non-hydrogen) atoms. The van der Waals surface area contributed by atoms with E-state index < -0.39 is 4.92 Å². The van der Waals surface area contributed by atoms with Gasteiger partial charge in [-0.05, 0) is 18.9 Å². The van der Waals surface area contributed by atoms with Gasteiger partial charge in [0, 0.05) is 43.8 Å². The average molecular weight is 335 g/mol. The molecule has 0 spiro atoms. The molecule has 2 rings (SSSR count). The van der Waals surface area contributed by atoms with E-state index in [0.717, 1.165) is 6.42 Å². The van der Waals surface area contributed by atoms with Crippen LogP contribution in [0, 0.1) is 16.0 Å². The van der Waals surface area contributed by atoms with Gasteiger partial charge in [-0.1, -0.05) is 6.92 Å². The van der Waals surface area contributed by atoms with Crippen molar-refractivity contribution in [1.82, 2.24) is 10.2 Å². The van der Waals surface area contributed by atoms with Gasteiger partial charge in [0.05, 0.1) is 10.8 Å². The number of phenols is 1. The molecule has 2 N–H and O–H groups in total. The summed E-state index contributed by atoms with van der Waals surface area (Å²) < 4.78 is 0. The zero-order chi connectivity index (χ0) is 17.7. The standard InChI is InChI=1S/C16H21N3O5/c1-2-15(21)18-7-3-4-11(10-18)16(22)17-9-12-8-13(19(23)24)5-6-14(12)20/h5-6,8,11,20H,2-4,7,9-10H2,1H3,(H,17,22). The summed E-state index contributed by atoms with van der Waals surface area (Å²) in [5.74, 6) is -0.583. The molecule has 1 aromatic carbocycles. The van der Waals surface area contributed by atoms with Crippen LogP contribution in [0.5, 0.6) is 5.75 Å². The second-order valence-corrected chi connectivity index (χ2v) is 5.82. The zero-order valence-corrected chi connectivity index (χ0v) is 13.5. The number of piperidine rings is 1. The summed E-state index contributed by atoms with van der Waals surface area (Å²) in [6.07, 6.45) is 1.88. The summed E-state index contributed by atoms with van der Waals surface area (Å²) in [6.45, 7) is 2.85. The van der Waals surface area contributed by atoms with E-state index in [4.69, 9.17) is 0 Å². The molecule has 1 atom stereocenters. The second kappa shape index (κ2) is 7.76. The summed E-state index contributed by atoms with van der Waals surface area (Å²) in [5.41, 5.74) is 0.143. The number of nitro groups is 1. The number of nitrogens with zero attached hydrogens (tertiary/aromatic N) is 2. The molecular weight excluding hydrogens is 314 g/mol. The van der Waals surface area contributed by atoms with Crippen molar-refractivity contribution in [2.75, 3.05) is 13.1 Å². The first kappa shape index (κ1) is 17.7. The smallest absolute Gasteiger partial charge is 0.270 e. The Kier molecular flexibility index (Phi) is 5.73. The van der Waals surface area contributed by atoms with Crippen LogP contribution in [0.25, 0.3) is 0 Å². The Morgan fingerprint density at radius 2 is 2.21 bits per heavy atom.